The molecule has 0 radical (unpaired) electrons. The molecule has 0 aliphatic heterocycles. The Kier molecular flexibility index (Phi) is 6.14. The van der Waals surface area contributed by atoms with Crippen LogP contribution in [0.5, 0.6) is 5.88 Å². The topological polar surface area (TPSA) is 142 Å². The number of nitrogens with one attached hydrogen (secondary N) is 1. The second-order valence-electron chi connectivity index (χ2n) is 6.67. The normalized spacial score (nSPS) is 11.6. The molecule has 1 aromatic carbocycles. The first-order valence-corrected chi connectivity index (χ1v) is 11.7. The Labute approximate surface area is 203 Å². The molecule has 15 heteroatoms. The van der Waals surface area contributed by atoms with E-state index in [1.807, 2.05) is 4.72 Å². The van der Waals surface area contributed by atoms with Crippen LogP contribution in [0.25, 0.3) is 16.6 Å². The summed E-state index contributed by atoms with van der Waals surface area (Å²) in [7, 11) is -3.30. The number of rotatable bonds is 5. The van der Waals surface area contributed by atoms with Crippen LogP contribution in [0.3, 0.4) is 0 Å². The molecule has 0 aliphatic carbocycles. The van der Waals surface area contributed by atoms with Gasteiger partial charge < -0.3 is 10.5 Å². The zero-order valence-corrected chi connectivity index (χ0v) is 20.0. The number of aromatic nitrogens is 4. The molecule has 34 heavy (non-hydrogen) atoms. The van der Waals surface area contributed by atoms with Crippen molar-refractivity contribution in [2.75, 3.05) is 17.6 Å². The summed E-state index contributed by atoms with van der Waals surface area (Å²) in [5, 5.41) is -0.0973. The van der Waals surface area contributed by atoms with Crippen LogP contribution in [0.15, 0.2) is 51.0 Å². The molecule has 0 spiro atoms. The number of methoxy groups -OCH3 is 1. The third-order valence-corrected chi connectivity index (χ3v) is 6.69. The lowest BCUT2D eigenvalue weighted by Gasteiger charge is -2.15. The molecular formula is C19H12BrClF2N6O4S. The maximum Gasteiger partial charge on any atom is 0.267 e. The van der Waals surface area contributed by atoms with Gasteiger partial charge in [0.1, 0.15) is 11.5 Å². The molecule has 4 rings (SSSR count). The first-order chi connectivity index (χ1) is 16.0. The van der Waals surface area contributed by atoms with E-state index in [9.17, 15) is 17.6 Å². The predicted molar refractivity (Wildman–Crippen MR) is 124 cm³/mol. The highest BCUT2D eigenvalue weighted by Gasteiger charge is 2.26. The van der Waals surface area contributed by atoms with Crippen molar-refractivity contribution in [2.24, 2.45) is 0 Å². The van der Waals surface area contributed by atoms with E-state index < -0.39 is 43.5 Å². The van der Waals surface area contributed by atoms with Crippen LogP contribution < -0.4 is 20.8 Å². The average molecular weight is 574 g/mol. The summed E-state index contributed by atoms with van der Waals surface area (Å²) in [6.07, 6.45) is 3.36. The molecule has 3 heterocycles. The number of hydrogen-bond donors (Lipinski definition) is 2. The highest BCUT2D eigenvalue weighted by Crippen LogP contribution is 2.30. The highest BCUT2D eigenvalue weighted by molar-refractivity contribution is 9.10. The van der Waals surface area contributed by atoms with E-state index >= 15 is 4.39 Å². The molecule has 10 nitrogen and oxygen atoms in total. The first kappa shape index (κ1) is 23.8. The average Bonchev–Trinajstić information content (AvgIpc) is 2.79. The number of nitrogens with zero attached hydrogens (tertiary/aromatic N) is 4. The lowest BCUT2D eigenvalue weighted by Crippen LogP contribution is -2.22. The number of fused-ring (bicyclic) bond motifs is 1. The zero-order valence-electron chi connectivity index (χ0n) is 16.9. The molecule has 0 atom stereocenters. The van der Waals surface area contributed by atoms with E-state index in [-0.39, 0.29) is 32.2 Å². The van der Waals surface area contributed by atoms with E-state index in [1.54, 1.807) is 0 Å². The SMILES string of the molecule is COc1ncc(Cl)cc1S(=O)(=O)Nc1ccc(F)c(-n2cc(Br)c3nc(N)ncc3c2=O)c1F. The molecule has 3 aromatic heterocycles. The van der Waals surface area contributed by atoms with Crippen molar-refractivity contribution in [2.45, 2.75) is 4.90 Å². The van der Waals surface area contributed by atoms with E-state index in [1.165, 1.54) is 7.11 Å². The second kappa shape index (κ2) is 8.77. The van der Waals surface area contributed by atoms with Gasteiger partial charge in [-0.3, -0.25) is 14.1 Å². The van der Waals surface area contributed by atoms with E-state index in [0.29, 0.717) is 4.57 Å². The first-order valence-electron chi connectivity index (χ1n) is 9.07. The smallest absolute Gasteiger partial charge is 0.267 e. The van der Waals surface area contributed by atoms with Gasteiger partial charge in [0.2, 0.25) is 11.8 Å². The van der Waals surface area contributed by atoms with Crippen LogP contribution in [-0.4, -0.2) is 35.0 Å². The molecule has 3 N–H and O–H groups in total. The highest BCUT2D eigenvalue weighted by atomic mass is 79.9. The summed E-state index contributed by atoms with van der Waals surface area (Å²) in [4.78, 5) is 23.9. The quantitative estimate of drug-likeness (QED) is 0.371. The number of nitrogens with two attached hydrogens (primary N) is 1. The molecule has 176 valence electrons. The van der Waals surface area contributed by atoms with E-state index in [0.717, 1.165) is 36.8 Å². The standard InChI is InChI=1S/C19H12BrClF2N6O4S/c1-33-17-13(4-8(21)5-25-17)34(31,32)28-12-3-2-11(22)16(14(12)23)29-7-10(20)15-9(18(29)30)6-26-19(24)27-15/h2-7,28H,1H3,(H2,24,26,27). The Morgan fingerprint density at radius 2 is 1.97 bits per heavy atom. The molecular weight excluding hydrogens is 562 g/mol. The number of sulfonamides is 1. The van der Waals surface area contributed by atoms with Crippen LogP contribution in [0.2, 0.25) is 5.02 Å². The molecule has 0 aliphatic rings. The number of benzene rings is 1. The van der Waals surface area contributed by atoms with Crippen molar-refractivity contribution in [1.29, 1.82) is 0 Å². The molecule has 0 saturated heterocycles. The van der Waals surface area contributed by atoms with Crippen LogP contribution >= 0.6 is 27.5 Å². The number of nitrogen functional groups attached to an aromatic ring is 1. The summed E-state index contributed by atoms with van der Waals surface area (Å²) in [5.74, 6) is -2.90. The van der Waals surface area contributed by atoms with Gasteiger partial charge in [-0.15, -0.1) is 0 Å². The Morgan fingerprint density at radius 3 is 2.68 bits per heavy atom. The van der Waals surface area contributed by atoms with Crippen LogP contribution in [0.4, 0.5) is 20.4 Å². The van der Waals surface area contributed by atoms with Crippen molar-refractivity contribution in [3.8, 4) is 11.6 Å². The van der Waals surface area contributed by atoms with Gasteiger partial charge in [0, 0.05) is 18.6 Å². The van der Waals surface area contributed by atoms with Gasteiger partial charge in [-0.25, -0.2) is 32.2 Å². The minimum absolute atomic E-state index is 0.0168. The Morgan fingerprint density at radius 1 is 1.24 bits per heavy atom. The number of halogens is 4. The maximum absolute atomic E-state index is 15.4. The van der Waals surface area contributed by atoms with Crippen molar-refractivity contribution in [3.05, 3.63) is 68.3 Å². The zero-order chi connectivity index (χ0) is 24.8. The van der Waals surface area contributed by atoms with Crippen LogP contribution in [0.1, 0.15) is 0 Å². The van der Waals surface area contributed by atoms with E-state index in [2.05, 4.69) is 30.9 Å². The summed E-state index contributed by atoms with van der Waals surface area (Å²) >= 11 is 9.02. The van der Waals surface area contributed by atoms with Crippen molar-refractivity contribution in [1.82, 2.24) is 19.5 Å². The van der Waals surface area contributed by atoms with Gasteiger partial charge in [-0.1, -0.05) is 11.6 Å². The third-order valence-electron chi connectivity index (χ3n) is 4.55. The van der Waals surface area contributed by atoms with Gasteiger partial charge >= 0.3 is 0 Å². The monoisotopic (exact) mass is 572 g/mol. The van der Waals surface area contributed by atoms with E-state index in [4.69, 9.17) is 22.1 Å². The number of anilines is 2. The third kappa shape index (κ3) is 4.15. The Hall–Kier alpha value is -3.36. The van der Waals surface area contributed by atoms with Crippen molar-refractivity contribution >= 4 is 60.1 Å². The van der Waals surface area contributed by atoms with Crippen LogP contribution in [-0.2, 0) is 10.0 Å². The maximum atomic E-state index is 15.4. The lowest BCUT2D eigenvalue weighted by molar-refractivity contribution is 0.385. The number of hydrogen-bond acceptors (Lipinski definition) is 8. The summed E-state index contributed by atoms with van der Waals surface area (Å²) < 4.78 is 63.7. The molecule has 4 aromatic rings. The lowest BCUT2D eigenvalue weighted by atomic mass is 10.2. The molecule has 0 bridgehead atoms. The van der Waals surface area contributed by atoms with Gasteiger partial charge in [-0.05, 0) is 34.1 Å². The van der Waals surface area contributed by atoms with Crippen molar-refractivity contribution in [3.63, 3.8) is 0 Å². The molecule has 0 amide bonds. The van der Waals surface area contributed by atoms with Gasteiger partial charge in [0.05, 0.1) is 33.2 Å². The number of ether oxygens (including phenoxy) is 1. The number of pyridine rings is 2. The summed E-state index contributed by atoms with van der Waals surface area (Å²) in [5.41, 5.74) is 3.33. The molecule has 0 saturated carbocycles. The fraction of sp³-hybridized carbons (Fsp3) is 0.0526. The predicted octanol–water partition coefficient (Wildman–Crippen LogP) is 3.26. The Balaban J connectivity index is 1.88. The summed E-state index contributed by atoms with van der Waals surface area (Å²) in [6, 6.07) is 2.71. The van der Waals surface area contributed by atoms with Crippen molar-refractivity contribution < 1.29 is 21.9 Å². The minimum atomic E-state index is -4.49. The largest absolute Gasteiger partial charge is 0.480 e. The Bertz CT molecular complexity index is 1630. The second-order valence-corrected chi connectivity index (χ2v) is 9.61. The molecule has 0 fully saturated rings. The van der Waals surface area contributed by atoms with Gasteiger partial charge in [0.15, 0.2) is 10.7 Å². The fourth-order valence-corrected chi connectivity index (χ4v) is 4.99. The minimum Gasteiger partial charge on any atom is -0.480 e. The fourth-order valence-electron chi connectivity index (χ4n) is 3.06. The summed E-state index contributed by atoms with van der Waals surface area (Å²) in [6.45, 7) is 0. The van der Waals surface area contributed by atoms with Gasteiger partial charge in [0.25, 0.3) is 15.6 Å². The van der Waals surface area contributed by atoms with Crippen LogP contribution in [0, 0.1) is 11.6 Å². The van der Waals surface area contributed by atoms with Gasteiger partial charge in [-0.2, -0.15) is 0 Å². The molecule has 0 unspecified atom stereocenters.